The number of hydrogen-bond acceptors (Lipinski definition) is 2. The minimum Gasteiger partial charge on any atom is -0.455 e. The van der Waals surface area contributed by atoms with E-state index in [-0.39, 0.29) is 0 Å². The number of furan rings is 1. The molecule has 0 spiro atoms. The van der Waals surface area contributed by atoms with Gasteiger partial charge in [-0.05, 0) is 114 Å². The zero-order valence-electron chi connectivity index (χ0n) is 40.0. The number of nitrogens with zero attached hydrogens (tertiary/aromatic N) is 1. The van der Waals surface area contributed by atoms with Crippen LogP contribution in [0, 0.1) is 0 Å². The van der Waals surface area contributed by atoms with E-state index in [1.54, 1.807) is 0 Å². The fourth-order valence-corrected chi connectivity index (χ4v) is 11.9. The zero-order valence-corrected chi connectivity index (χ0v) is 40.0. The Morgan fingerprint density at radius 3 is 1.44 bits per heavy atom. The molecule has 2 nitrogen and oxygen atoms in total. The number of para-hydroxylation sites is 2. The van der Waals surface area contributed by atoms with E-state index in [9.17, 15) is 0 Å². The van der Waals surface area contributed by atoms with Crippen LogP contribution in [0.4, 0.5) is 17.1 Å². The van der Waals surface area contributed by atoms with Crippen molar-refractivity contribution in [3.8, 4) is 55.6 Å². The smallest absolute Gasteiger partial charge is 0.143 e. The maximum absolute atomic E-state index is 6.52. The first kappa shape index (κ1) is 42.4. The predicted octanol–water partition coefficient (Wildman–Crippen LogP) is 19.2. The molecule has 342 valence electrons. The Labute approximate surface area is 425 Å². The topological polar surface area (TPSA) is 16.4 Å². The van der Waals surface area contributed by atoms with Crippen LogP contribution in [0.1, 0.15) is 22.3 Å². The summed E-state index contributed by atoms with van der Waals surface area (Å²) >= 11 is 0. The number of benzene rings is 12. The Balaban J connectivity index is 0.912. The lowest BCUT2D eigenvalue weighted by Gasteiger charge is -2.34. The van der Waals surface area contributed by atoms with Crippen LogP contribution in [-0.2, 0) is 5.41 Å². The van der Waals surface area contributed by atoms with Gasteiger partial charge in [-0.25, -0.2) is 0 Å². The molecule has 2 heteroatoms. The van der Waals surface area contributed by atoms with E-state index in [0.29, 0.717) is 0 Å². The van der Waals surface area contributed by atoms with E-state index in [2.05, 4.69) is 278 Å². The first-order valence-corrected chi connectivity index (χ1v) is 25.2. The molecule has 0 radical (unpaired) electrons. The molecule has 0 amide bonds. The molecule has 0 saturated heterocycles. The lowest BCUT2D eigenvalue weighted by molar-refractivity contribution is 0.670. The molecule has 0 bridgehead atoms. The summed E-state index contributed by atoms with van der Waals surface area (Å²) < 4.78 is 6.52. The van der Waals surface area contributed by atoms with Crippen LogP contribution in [0.15, 0.2) is 290 Å². The highest BCUT2D eigenvalue weighted by Gasteiger charge is 2.46. The van der Waals surface area contributed by atoms with Crippen molar-refractivity contribution in [2.75, 3.05) is 4.90 Å². The fourth-order valence-electron chi connectivity index (χ4n) is 11.9. The molecule has 1 aliphatic rings. The largest absolute Gasteiger partial charge is 0.455 e. The summed E-state index contributed by atoms with van der Waals surface area (Å²) in [5, 5.41) is 4.62. The number of anilines is 3. The van der Waals surface area contributed by atoms with E-state index >= 15 is 0 Å². The Morgan fingerprint density at radius 1 is 0.274 bits per heavy atom. The maximum atomic E-state index is 6.52. The average molecular weight is 930 g/mol. The van der Waals surface area contributed by atoms with Gasteiger partial charge in [-0.3, -0.25) is 0 Å². The van der Waals surface area contributed by atoms with Crippen LogP contribution >= 0.6 is 0 Å². The van der Waals surface area contributed by atoms with Crippen molar-refractivity contribution >= 4 is 49.8 Å². The molecule has 0 atom stereocenters. The van der Waals surface area contributed by atoms with Crippen LogP contribution in [0.2, 0.25) is 0 Å². The highest BCUT2D eigenvalue weighted by molar-refractivity contribution is 6.10. The zero-order chi connectivity index (χ0) is 48.3. The van der Waals surface area contributed by atoms with Crippen LogP contribution in [-0.4, -0.2) is 0 Å². The van der Waals surface area contributed by atoms with E-state index in [1.165, 1.54) is 77.5 Å². The van der Waals surface area contributed by atoms with Gasteiger partial charge in [-0.15, -0.1) is 0 Å². The Morgan fingerprint density at radius 2 is 0.740 bits per heavy atom. The summed E-state index contributed by atoms with van der Waals surface area (Å²) in [6, 6.07) is 104. The molecule has 1 aromatic heterocycles. The molecule has 0 N–H and O–H groups in total. The van der Waals surface area contributed by atoms with E-state index in [4.69, 9.17) is 4.42 Å². The molecule has 0 saturated carbocycles. The minimum atomic E-state index is -0.472. The molecular weight excluding hydrogens is 883 g/mol. The second-order valence-electron chi connectivity index (χ2n) is 19.1. The van der Waals surface area contributed by atoms with E-state index in [1.807, 2.05) is 12.1 Å². The molecule has 0 aliphatic heterocycles. The van der Waals surface area contributed by atoms with Crippen LogP contribution in [0.5, 0.6) is 0 Å². The van der Waals surface area contributed by atoms with Crippen molar-refractivity contribution in [1.82, 2.24) is 0 Å². The van der Waals surface area contributed by atoms with Gasteiger partial charge in [0.15, 0.2) is 0 Å². The summed E-state index contributed by atoms with van der Waals surface area (Å²) in [4.78, 5) is 2.42. The van der Waals surface area contributed by atoms with Crippen molar-refractivity contribution < 1.29 is 4.42 Å². The molecule has 1 heterocycles. The monoisotopic (exact) mass is 929 g/mol. The number of rotatable bonds is 9. The van der Waals surface area contributed by atoms with Gasteiger partial charge in [-0.2, -0.15) is 0 Å². The quantitative estimate of drug-likeness (QED) is 0.143. The summed E-state index contributed by atoms with van der Waals surface area (Å²) in [7, 11) is 0. The van der Waals surface area contributed by atoms with Crippen molar-refractivity contribution in [3.63, 3.8) is 0 Å². The van der Waals surface area contributed by atoms with Gasteiger partial charge < -0.3 is 9.32 Å². The van der Waals surface area contributed by atoms with E-state index < -0.39 is 5.41 Å². The Bertz CT molecular complexity index is 4120. The van der Waals surface area contributed by atoms with Crippen LogP contribution in [0.25, 0.3) is 88.3 Å². The molecule has 0 fully saturated rings. The van der Waals surface area contributed by atoms with Crippen molar-refractivity contribution in [2.24, 2.45) is 0 Å². The third-order valence-corrected chi connectivity index (χ3v) is 15.2. The Kier molecular flexibility index (Phi) is 10.1. The third-order valence-electron chi connectivity index (χ3n) is 15.2. The lowest BCUT2D eigenvalue weighted by atomic mass is 9.67. The lowest BCUT2D eigenvalue weighted by Crippen LogP contribution is -2.28. The second-order valence-corrected chi connectivity index (χ2v) is 19.1. The van der Waals surface area contributed by atoms with Gasteiger partial charge in [-0.1, -0.05) is 249 Å². The highest BCUT2D eigenvalue weighted by Crippen LogP contribution is 2.58. The maximum Gasteiger partial charge on any atom is 0.143 e. The molecule has 0 unspecified atom stereocenters. The minimum absolute atomic E-state index is 0.472. The van der Waals surface area contributed by atoms with Gasteiger partial charge in [0.2, 0.25) is 0 Å². The summed E-state index contributed by atoms with van der Waals surface area (Å²) in [6.45, 7) is 0. The third kappa shape index (κ3) is 6.87. The normalized spacial score (nSPS) is 12.5. The van der Waals surface area contributed by atoms with Gasteiger partial charge in [0.05, 0.1) is 11.1 Å². The second kappa shape index (κ2) is 17.4. The molecule has 1 aliphatic carbocycles. The fraction of sp³-hybridized carbons (Fsp3) is 0.0141. The molecule has 14 rings (SSSR count). The van der Waals surface area contributed by atoms with Crippen LogP contribution < -0.4 is 4.90 Å². The molecular formula is C71H47NO. The van der Waals surface area contributed by atoms with Crippen LogP contribution in [0.3, 0.4) is 0 Å². The highest BCUT2D eigenvalue weighted by atomic mass is 16.3. The van der Waals surface area contributed by atoms with Crippen molar-refractivity contribution in [2.45, 2.75) is 5.41 Å². The number of hydrogen-bond donors (Lipinski definition) is 0. The van der Waals surface area contributed by atoms with Gasteiger partial charge in [0.25, 0.3) is 0 Å². The van der Waals surface area contributed by atoms with Gasteiger partial charge in [0, 0.05) is 33.1 Å². The van der Waals surface area contributed by atoms with E-state index in [0.717, 1.165) is 50.1 Å². The van der Waals surface area contributed by atoms with Gasteiger partial charge in [0.1, 0.15) is 11.2 Å². The SMILES string of the molecule is c1ccc(-c2ccc(-c3ccc(N(c4ccc(-c5cccc6c5-c5ccccc5C6(c5ccccc5)c5ccccc5)cc4)c4ccc(-c5cccc6c5oc5ccccc56)cc4)c4ccccc34)cc2)cc1. The average Bonchev–Trinajstić information content (AvgIpc) is 4.01. The summed E-state index contributed by atoms with van der Waals surface area (Å²) in [5.74, 6) is 0. The Hall–Kier alpha value is -9.50. The molecule has 13 aromatic rings. The number of fused-ring (bicyclic) bond motifs is 7. The standard InChI is InChI=1S/C71H47NO/c1-4-18-48(19-5-1)49-34-36-50(37-35-49)57-46-47-67(61-25-11-10-24-60(57)61)72(56-44-40-52(41-45-56)59-29-16-30-63-62-26-13-15-33-68(62)73-70(59)63)55-42-38-51(39-43-55)58-28-17-32-66-69(58)64-27-12-14-31-65(64)71(66,53-20-6-2-7-21-53)54-22-8-3-9-23-54/h1-47H. The predicted molar refractivity (Wildman–Crippen MR) is 305 cm³/mol. The summed E-state index contributed by atoms with van der Waals surface area (Å²) in [6.07, 6.45) is 0. The molecule has 12 aromatic carbocycles. The first-order chi connectivity index (χ1) is 36.2. The first-order valence-electron chi connectivity index (χ1n) is 25.2. The van der Waals surface area contributed by atoms with Crippen molar-refractivity contribution in [3.05, 3.63) is 307 Å². The molecule has 73 heavy (non-hydrogen) atoms. The summed E-state index contributed by atoms with van der Waals surface area (Å²) in [5.41, 5.74) is 21.6. The van der Waals surface area contributed by atoms with Gasteiger partial charge >= 0.3 is 0 Å². The van der Waals surface area contributed by atoms with Crippen molar-refractivity contribution in [1.29, 1.82) is 0 Å².